The Kier molecular flexibility index (Phi) is 2.56. The van der Waals surface area contributed by atoms with Gasteiger partial charge in [0, 0.05) is 6.07 Å². The third kappa shape index (κ3) is 1.92. The van der Waals surface area contributed by atoms with Gasteiger partial charge in [-0.25, -0.2) is 4.68 Å². The maximum absolute atomic E-state index is 7.39. The Morgan fingerprint density at radius 1 is 1.33 bits per heavy atom. The molecule has 0 aliphatic heterocycles. The van der Waals surface area contributed by atoms with Gasteiger partial charge in [0.25, 0.3) is 0 Å². The molecular formula is C11H10ClN3. The van der Waals surface area contributed by atoms with Crippen LogP contribution in [0.3, 0.4) is 0 Å². The molecule has 1 aromatic carbocycles. The number of para-hydroxylation sites is 1. The van der Waals surface area contributed by atoms with Gasteiger partial charge in [0.05, 0.1) is 17.2 Å². The minimum absolute atomic E-state index is 0.310. The minimum Gasteiger partial charge on any atom is -0.299 e. The molecular weight excluding hydrogens is 210 g/mol. The molecule has 0 aliphatic carbocycles. The van der Waals surface area contributed by atoms with E-state index in [-0.39, 0.29) is 0 Å². The topological polar surface area (TPSA) is 41.7 Å². The molecule has 15 heavy (non-hydrogen) atoms. The monoisotopic (exact) mass is 219 g/mol. The summed E-state index contributed by atoms with van der Waals surface area (Å²) in [4.78, 5) is 0. The van der Waals surface area contributed by atoms with Crippen molar-refractivity contribution >= 4 is 11.6 Å². The summed E-state index contributed by atoms with van der Waals surface area (Å²) >= 11 is 6.02. The molecule has 0 saturated heterocycles. The third-order valence-corrected chi connectivity index (χ3v) is 2.40. The Hall–Kier alpha value is -1.61. The third-order valence-electron chi connectivity index (χ3n) is 2.13. The van der Waals surface area contributed by atoms with Crippen molar-refractivity contribution in [3.8, 4) is 5.69 Å². The molecule has 0 atom stereocenters. The summed E-state index contributed by atoms with van der Waals surface area (Å²) in [5.74, 6) is 0. The van der Waals surface area contributed by atoms with E-state index in [1.165, 1.54) is 6.20 Å². The fourth-order valence-electron chi connectivity index (χ4n) is 1.38. The average molecular weight is 220 g/mol. The molecule has 2 aromatic rings. The number of halogens is 1. The van der Waals surface area contributed by atoms with Crippen molar-refractivity contribution in [3.63, 3.8) is 0 Å². The van der Waals surface area contributed by atoms with Crippen LogP contribution in [0.25, 0.3) is 5.69 Å². The molecule has 0 radical (unpaired) electrons. The van der Waals surface area contributed by atoms with Crippen LogP contribution in [-0.2, 0) is 0 Å². The van der Waals surface area contributed by atoms with Crippen LogP contribution in [0, 0.1) is 12.3 Å². The second kappa shape index (κ2) is 3.87. The Labute approximate surface area is 92.5 Å². The summed E-state index contributed by atoms with van der Waals surface area (Å²) in [6.07, 6.45) is 1.47. The van der Waals surface area contributed by atoms with Crippen LogP contribution in [0.4, 0.5) is 0 Å². The van der Waals surface area contributed by atoms with Gasteiger partial charge in [-0.05, 0) is 18.6 Å². The van der Waals surface area contributed by atoms with E-state index in [1.54, 1.807) is 10.7 Å². The Bertz CT molecular complexity index is 546. The number of aromatic nitrogens is 2. The number of nitrogens with zero attached hydrogens (tertiary/aromatic N) is 2. The predicted molar refractivity (Wildman–Crippen MR) is 59.2 cm³/mol. The predicted octanol–water partition coefficient (Wildman–Crippen LogP) is 2.31. The molecule has 0 bridgehead atoms. The van der Waals surface area contributed by atoms with Crippen LogP contribution in [0.15, 0.2) is 36.5 Å². The smallest absolute Gasteiger partial charge is 0.133 e. The lowest BCUT2D eigenvalue weighted by Crippen LogP contribution is -2.10. The van der Waals surface area contributed by atoms with Crippen LogP contribution in [0.5, 0.6) is 0 Å². The largest absolute Gasteiger partial charge is 0.299 e. The van der Waals surface area contributed by atoms with Gasteiger partial charge >= 0.3 is 0 Å². The van der Waals surface area contributed by atoms with Crippen molar-refractivity contribution in [1.29, 1.82) is 5.41 Å². The maximum atomic E-state index is 7.39. The molecule has 0 unspecified atom stereocenters. The molecule has 1 aromatic heterocycles. The quantitative estimate of drug-likeness (QED) is 0.786. The van der Waals surface area contributed by atoms with Crippen molar-refractivity contribution < 1.29 is 0 Å². The van der Waals surface area contributed by atoms with Gasteiger partial charge in [-0.2, -0.15) is 5.10 Å². The first kappa shape index (κ1) is 9.93. The van der Waals surface area contributed by atoms with Gasteiger partial charge in [0.15, 0.2) is 0 Å². The average Bonchev–Trinajstić information content (AvgIpc) is 2.20. The number of hydrogen-bond donors (Lipinski definition) is 1. The molecule has 76 valence electrons. The van der Waals surface area contributed by atoms with Crippen LogP contribution >= 0.6 is 11.6 Å². The van der Waals surface area contributed by atoms with Crippen molar-refractivity contribution in [2.24, 2.45) is 0 Å². The van der Waals surface area contributed by atoms with Crippen LogP contribution in [-0.4, -0.2) is 9.78 Å². The van der Waals surface area contributed by atoms with Crippen LogP contribution in [0.2, 0.25) is 5.15 Å². The van der Waals surface area contributed by atoms with E-state index in [1.807, 2.05) is 31.2 Å². The first-order valence-corrected chi connectivity index (χ1v) is 4.92. The summed E-state index contributed by atoms with van der Waals surface area (Å²) in [5, 5.41) is 12.2. The Morgan fingerprint density at radius 2 is 2.07 bits per heavy atom. The SMILES string of the molecule is Cc1ccccc1-n1ncc(=N)cc1Cl. The summed E-state index contributed by atoms with van der Waals surface area (Å²) in [5.41, 5.74) is 2.03. The van der Waals surface area contributed by atoms with E-state index in [2.05, 4.69) is 5.10 Å². The fourth-order valence-corrected chi connectivity index (χ4v) is 1.63. The lowest BCUT2D eigenvalue weighted by Gasteiger charge is -2.09. The standard InChI is InChI=1S/C11H10ClN3/c1-8-4-2-3-5-10(8)15-11(12)6-9(13)7-14-15/h2-7,13H,1H3. The molecule has 0 aliphatic rings. The van der Waals surface area contributed by atoms with Crippen molar-refractivity contribution in [1.82, 2.24) is 9.78 Å². The normalized spacial score (nSPS) is 10.3. The Morgan fingerprint density at radius 3 is 2.73 bits per heavy atom. The van der Waals surface area contributed by atoms with Gasteiger partial charge in [-0.3, -0.25) is 5.41 Å². The number of rotatable bonds is 1. The molecule has 1 heterocycles. The van der Waals surface area contributed by atoms with Gasteiger partial charge in [0.1, 0.15) is 5.15 Å². The highest BCUT2D eigenvalue weighted by atomic mass is 35.5. The molecule has 2 rings (SSSR count). The summed E-state index contributed by atoms with van der Waals surface area (Å²) in [6, 6.07) is 9.40. The van der Waals surface area contributed by atoms with E-state index in [9.17, 15) is 0 Å². The van der Waals surface area contributed by atoms with E-state index in [0.29, 0.717) is 10.5 Å². The lowest BCUT2D eigenvalue weighted by molar-refractivity contribution is 0.824. The molecule has 0 spiro atoms. The number of benzene rings is 1. The first-order chi connectivity index (χ1) is 7.18. The molecule has 0 amide bonds. The summed E-state index contributed by atoms with van der Waals surface area (Å²) in [7, 11) is 0. The Balaban J connectivity index is 2.65. The highest BCUT2D eigenvalue weighted by Crippen LogP contribution is 2.15. The summed E-state index contributed by atoms with van der Waals surface area (Å²) in [6.45, 7) is 1.99. The maximum Gasteiger partial charge on any atom is 0.133 e. The molecule has 0 fully saturated rings. The van der Waals surface area contributed by atoms with E-state index < -0.39 is 0 Å². The second-order valence-electron chi connectivity index (χ2n) is 3.27. The van der Waals surface area contributed by atoms with Crippen molar-refractivity contribution in [2.75, 3.05) is 0 Å². The van der Waals surface area contributed by atoms with Gasteiger partial charge in [0.2, 0.25) is 0 Å². The van der Waals surface area contributed by atoms with E-state index in [0.717, 1.165) is 11.3 Å². The highest BCUT2D eigenvalue weighted by Gasteiger charge is 2.03. The number of nitrogens with one attached hydrogen (secondary N) is 1. The number of hydrogen-bond acceptors (Lipinski definition) is 2. The van der Waals surface area contributed by atoms with Crippen LogP contribution in [0.1, 0.15) is 5.56 Å². The molecule has 4 heteroatoms. The highest BCUT2D eigenvalue weighted by molar-refractivity contribution is 6.29. The van der Waals surface area contributed by atoms with E-state index >= 15 is 0 Å². The second-order valence-corrected chi connectivity index (χ2v) is 3.65. The minimum atomic E-state index is 0.310. The van der Waals surface area contributed by atoms with Gasteiger partial charge < -0.3 is 0 Å². The molecule has 0 saturated carbocycles. The zero-order valence-corrected chi connectivity index (χ0v) is 8.99. The van der Waals surface area contributed by atoms with Crippen LogP contribution < -0.4 is 5.36 Å². The molecule has 3 nitrogen and oxygen atoms in total. The van der Waals surface area contributed by atoms with Crippen molar-refractivity contribution in [2.45, 2.75) is 6.92 Å². The first-order valence-electron chi connectivity index (χ1n) is 4.54. The molecule has 1 N–H and O–H groups in total. The zero-order valence-electron chi connectivity index (χ0n) is 8.24. The summed E-state index contributed by atoms with van der Waals surface area (Å²) < 4.78 is 1.62. The lowest BCUT2D eigenvalue weighted by atomic mass is 10.2. The fraction of sp³-hybridized carbons (Fsp3) is 0.0909. The van der Waals surface area contributed by atoms with Crippen molar-refractivity contribution in [3.05, 3.63) is 52.6 Å². The van der Waals surface area contributed by atoms with E-state index in [4.69, 9.17) is 17.0 Å². The van der Waals surface area contributed by atoms with Gasteiger partial charge in [-0.1, -0.05) is 29.8 Å². The zero-order chi connectivity index (χ0) is 10.8. The number of aryl methyl sites for hydroxylation is 1. The van der Waals surface area contributed by atoms with Gasteiger partial charge in [-0.15, -0.1) is 0 Å².